The summed E-state index contributed by atoms with van der Waals surface area (Å²) in [4.78, 5) is 15.4. The number of hydrogen-bond donors (Lipinski definition) is 0. The van der Waals surface area contributed by atoms with Crippen molar-refractivity contribution in [2.24, 2.45) is 0 Å². The Bertz CT molecular complexity index is 2490. The van der Waals surface area contributed by atoms with E-state index in [9.17, 15) is 0 Å². The van der Waals surface area contributed by atoms with Crippen molar-refractivity contribution in [2.45, 2.75) is 0 Å². The molecule has 44 heavy (non-hydrogen) atoms. The van der Waals surface area contributed by atoms with Crippen LogP contribution in [0.4, 0.5) is 0 Å². The van der Waals surface area contributed by atoms with Gasteiger partial charge in [0.15, 0.2) is 0 Å². The second-order valence-electron chi connectivity index (χ2n) is 11.0. The third-order valence-corrected chi connectivity index (χ3v) is 8.43. The summed E-state index contributed by atoms with van der Waals surface area (Å²) in [5.74, 6) is 0.622. The van der Waals surface area contributed by atoms with Gasteiger partial charge in [-0.05, 0) is 54.1 Å². The van der Waals surface area contributed by atoms with Crippen molar-refractivity contribution < 1.29 is 0 Å². The van der Waals surface area contributed by atoms with Gasteiger partial charge in [0, 0.05) is 45.2 Å². The molecule has 0 saturated carbocycles. The zero-order valence-corrected chi connectivity index (χ0v) is 23.7. The zero-order chi connectivity index (χ0) is 29.0. The number of hydrogen-bond acceptors (Lipinski definition) is 3. The van der Waals surface area contributed by atoms with Crippen molar-refractivity contribution >= 4 is 43.6 Å². The standard InChI is InChI=1S/C39H25N5/c1-3-12-26(13-4-1)29-18-11-22-40-37(29)38-31-17-7-9-19-33(31)41-39(42-38)44-34-20-10-8-16-30(34)32-25-35-27(24-36(32)44)21-23-43(35)28-14-5-2-6-15-28/h1-25H. The summed E-state index contributed by atoms with van der Waals surface area (Å²) in [5, 5.41) is 4.44. The highest BCUT2D eigenvalue weighted by Gasteiger charge is 2.20. The molecule has 0 aliphatic carbocycles. The summed E-state index contributed by atoms with van der Waals surface area (Å²) < 4.78 is 4.45. The van der Waals surface area contributed by atoms with Gasteiger partial charge in [-0.25, -0.2) is 9.97 Å². The zero-order valence-electron chi connectivity index (χ0n) is 23.7. The largest absolute Gasteiger partial charge is 0.317 e. The van der Waals surface area contributed by atoms with Crippen LogP contribution < -0.4 is 0 Å². The number of pyridine rings is 1. The molecular weight excluding hydrogens is 538 g/mol. The Morgan fingerprint density at radius 3 is 2.11 bits per heavy atom. The quantitative estimate of drug-likeness (QED) is 0.214. The lowest BCUT2D eigenvalue weighted by Crippen LogP contribution is -2.04. The Balaban J connectivity index is 1.34. The highest BCUT2D eigenvalue weighted by Crippen LogP contribution is 2.37. The molecule has 5 nitrogen and oxygen atoms in total. The van der Waals surface area contributed by atoms with E-state index in [2.05, 4.69) is 125 Å². The second kappa shape index (κ2) is 9.75. The highest BCUT2D eigenvalue weighted by molar-refractivity contribution is 6.13. The normalized spacial score (nSPS) is 11.6. The predicted octanol–water partition coefficient (Wildman–Crippen LogP) is 9.40. The van der Waals surface area contributed by atoms with Crippen LogP contribution in [0.1, 0.15) is 0 Å². The molecule has 9 aromatic rings. The Morgan fingerprint density at radius 2 is 1.25 bits per heavy atom. The first-order chi connectivity index (χ1) is 21.8. The molecule has 0 atom stereocenters. The van der Waals surface area contributed by atoms with Crippen LogP contribution in [0, 0.1) is 0 Å². The molecule has 9 rings (SSSR count). The van der Waals surface area contributed by atoms with Crippen molar-refractivity contribution in [3.05, 3.63) is 152 Å². The van der Waals surface area contributed by atoms with Crippen molar-refractivity contribution in [1.29, 1.82) is 0 Å². The fraction of sp³-hybridized carbons (Fsp3) is 0. The molecule has 0 aliphatic heterocycles. The van der Waals surface area contributed by atoms with Crippen LogP contribution in [0.25, 0.3) is 77.8 Å². The molecule has 0 amide bonds. The summed E-state index contributed by atoms with van der Waals surface area (Å²) in [5.41, 5.74) is 9.08. The Morgan fingerprint density at radius 1 is 0.500 bits per heavy atom. The maximum absolute atomic E-state index is 5.32. The van der Waals surface area contributed by atoms with Crippen LogP contribution in [-0.4, -0.2) is 24.1 Å². The monoisotopic (exact) mass is 563 g/mol. The smallest absolute Gasteiger partial charge is 0.235 e. The molecule has 0 spiro atoms. The number of fused-ring (bicyclic) bond motifs is 5. The molecule has 0 N–H and O–H groups in total. The molecule has 4 aromatic heterocycles. The summed E-state index contributed by atoms with van der Waals surface area (Å²) in [7, 11) is 0. The molecule has 5 heteroatoms. The average Bonchev–Trinajstić information content (AvgIpc) is 3.66. The fourth-order valence-electron chi connectivity index (χ4n) is 6.42. The van der Waals surface area contributed by atoms with Crippen LogP contribution in [0.2, 0.25) is 0 Å². The minimum atomic E-state index is 0.622. The maximum atomic E-state index is 5.32. The van der Waals surface area contributed by atoms with Gasteiger partial charge < -0.3 is 4.57 Å². The SMILES string of the molecule is c1ccc(-c2cccnc2-c2nc(-n3c4ccccc4c4cc5c(ccn5-c5ccccc5)cc43)nc3ccccc23)cc1. The van der Waals surface area contributed by atoms with Crippen molar-refractivity contribution in [1.82, 2.24) is 24.1 Å². The van der Waals surface area contributed by atoms with Gasteiger partial charge in [0.05, 0.1) is 27.8 Å². The van der Waals surface area contributed by atoms with Gasteiger partial charge in [0.1, 0.15) is 5.69 Å². The molecule has 0 radical (unpaired) electrons. The van der Waals surface area contributed by atoms with E-state index in [1.54, 1.807) is 0 Å². The lowest BCUT2D eigenvalue weighted by atomic mass is 10.0. The molecule has 0 aliphatic rings. The van der Waals surface area contributed by atoms with Gasteiger partial charge in [-0.1, -0.05) is 91.0 Å². The summed E-state index contributed by atoms with van der Waals surface area (Å²) in [6.45, 7) is 0. The van der Waals surface area contributed by atoms with Crippen molar-refractivity contribution in [3.8, 4) is 34.2 Å². The van der Waals surface area contributed by atoms with Crippen molar-refractivity contribution in [3.63, 3.8) is 0 Å². The van der Waals surface area contributed by atoms with Gasteiger partial charge in [-0.3, -0.25) is 9.55 Å². The Kier molecular flexibility index (Phi) is 5.43. The van der Waals surface area contributed by atoms with E-state index in [0.29, 0.717) is 5.95 Å². The van der Waals surface area contributed by atoms with Gasteiger partial charge in [0.2, 0.25) is 5.95 Å². The number of aromatic nitrogens is 5. The fourth-order valence-corrected chi connectivity index (χ4v) is 6.42. The van der Waals surface area contributed by atoms with Gasteiger partial charge in [-0.2, -0.15) is 0 Å². The first-order valence-electron chi connectivity index (χ1n) is 14.7. The van der Waals surface area contributed by atoms with Crippen LogP contribution in [0.3, 0.4) is 0 Å². The van der Waals surface area contributed by atoms with Crippen LogP contribution in [0.15, 0.2) is 152 Å². The number of benzene rings is 5. The molecule has 0 bridgehead atoms. The minimum Gasteiger partial charge on any atom is -0.317 e. The average molecular weight is 564 g/mol. The van der Waals surface area contributed by atoms with Crippen LogP contribution in [0.5, 0.6) is 0 Å². The van der Waals surface area contributed by atoms with E-state index in [4.69, 9.17) is 15.0 Å². The first kappa shape index (κ1) is 24.5. The van der Waals surface area contributed by atoms with Crippen molar-refractivity contribution in [2.75, 3.05) is 0 Å². The topological polar surface area (TPSA) is 48.5 Å². The van der Waals surface area contributed by atoms with E-state index < -0.39 is 0 Å². The number of rotatable bonds is 4. The Labute approximate surface area is 253 Å². The van der Waals surface area contributed by atoms with E-state index >= 15 is 0 Å². The molecule has 0 saturated heterocycles. The lowest BCUT2D eigenvalue weighted by molar-refractivity contribution is 1.01. The summed E-state index contributed by atoms with van der Waals surface area (Å²) >= 11 is 0. The number of nitrogens with zero attached hydrogens (tertiary/aromatic N) is 5. The third-order valence-electron chi connectivity index (χ3n) is 8.43. The predicted molar refractivity (Wildman–Crippen MR) is 179 cm³/mol. The molecule has 206 valence electrons. The molecule has 0 unspecified atom stereocenters. The van der Waals surface area contributed by atoms with E-state index in [1.165, 1.54) is 0 Å². The third kappa shape index (κ3) is 3.76. The molecule has 0 fully saturated rings. The highest BCUT2D eigenvalue weighted by atomic mass is 15.2. The molecule has 5 aromatic carbocycles. The van der Waals surface area contributed by atoms with E-state index in [0.717, 1.165) is 71.8 Å². The minimum absolute atomic E-state index is 0.622. The van der Waals surface area contributed by atoms with Gasteiger partial charge >= 0.3 is 0 Å². The molecule has 4 heterocycles. The first-order valence-corrected chi connectivity index (χ1v) is 14.7. The van der Waals surface area contributed by atoms with E-state index in [1.807, 2.05) is 36.5 Å². The van der Waals surface area contributed by atoms with E-state index in [-0.39, 0.29) is 0 Å². The van der Waals surface area contributed by atoms with Gasteiger partial charge in [-0.15, -0.1) is 0 Å². The summed E-state index contributed by atoms with van der Waals surface area (Å²) in [6, 6.07) is 48.4. The number of para-hydroxylation sites is 3. The molecular formula is C39H25N5. The summed E-state index contributed by atoms with van der Waals surface area (Å²) in [6.07, 6.45) is 3.98. The van der Waals surface area contributed by atoms with Crippen LogP contribution in [-0.2, 0) is 0 Å². The Hall–Kier alpha value is -6.07. The maximum Gasteiger partial charge on any atom is 0.235 e. The lowest BCUT2D eigenvalue weighted by Gasteiger charge is -2.14. The second-order valence-corrected chi connectivity index (χ2v) is 11.0. The van der Waals surface area contributed by atoms with Crippen LogP contribution >= 0.6 is 0 Å². The van der Waals surface area contributed by atoms with Gasteiger partial charge in [0.25, 0.3) is 0 Å².